The molecule has 1 atom stereocenters. The van der Waals surface area contributed by atoms with Crippen LogP contribution in [0.3, 0.4) is 0 Å². The smallest absolute Gasteiger partial charge is 0.242 e. The Hall–Kier alpha value is -1.65. The molecule has 106 valence electrons. The summed E-state index contributed by atoms with van der Waals surface area (Å²) >= 11 is 0. The van der Waals surface area contributed by atoms with E-state index in [1.165, 1.54) is 12.1 Å². The summed E-state index contributed by atoms with van der Waals surface area (Å²) in [4.78, 5) is 11.9. The van der Waals surface area contributed by atoms with Crippen molar-refractivity contribution < 1.29 is 13.6 Å². The average Bonchev–Trinajstić information content (AvgIpc) is 2.27. The van der Waals surface area contributed by atoms with Crippen molar-refractivity contribution in [2.24, 2.45) is 0 Å². The van der Waals surface area contributed by atoms with Crippen molar-refractivity contribution in [3.63, 3.8) is 0 Å². The lowest BCUT2D eigenvalue weighted by Gasteiger charge is -2.24. The maximum Gasteiger partial charge on any atom is 0.242 e. The Morgan fingerprint density at radius 1 is 1.26 bits per heavy atom. The van der Waals surface area contributed by atoms with Gasteiger partial charge in [-0.15, -0.1) is 0 Å². The van der Waals surface area contributed by atoms with Gasteiger partial charge in [-0.05, 0) is 46.2 Å². The molecule has 0 spiro atoms. The second kappa shape index (κ2) is 5.55. The summed E-state index contributed by atoms with van der Waals surface area (Å²) in [6.07, 6.45) is 0. The summed E-state index contributed by atoms with van der Waals surface area (Å²) in [5.41, 5.74) is -0.333. The Morgan fingerprint density at radius 2 is 1.84 bits per heavy atom. The van der Waals surface area contributed by atoms with Crippen LogP contribution in [-0.4, -0.2) is 17.5 Å². The molecule has 0 aliphatic carbocycles. The molecular formula is C14H20F2N2O. The van der Waals surface area contributed by atoms with Gasteiger partial charge in [-0.1, -0.05) is 6.07 Å². The number of hydrogen-bond acceptors (Lipinski definition) is 2. The molecule has 1 amide bonds. The van der Waals surface area contributed by atoms with Crippen molar-refractivity contribution in [2.75, 3.05) is 5.32 Å². The summed E-state index contributed by atoms with van der Waals surface area (Å²) in [5, 5.41) is 5.33. The van der Waals surface area contributed by atoms with Crippen LogP contribution in [0.2, 0.25) is 0 Å². The van der Waals surface area contributed by atoms with Gasteiger partial charge in [0.25, 0.3) is 0 Å². The molecule has 1 unspecified atom stereocenters. The van der Waals surface area contributed by atoms with Crippen molar-refractivity contribution in [3.05, 3.63) is 29.3 Å². The van der Waals surface area contributed by atoms with Gasteiger partial charge in [-0.25, -0.2) is 8.78 Å². The first kappa shape index (κ1) is 15.4. The van der Waals surface area contributed by atoms with Crippen LogP contribution in [0, 0.1) is 18.6 Å². The van der Waals surface area contributed by atoms with E-state index in [4.69, 9.17) is 0 Å². The third-order valence-electron chi connectivity index (χ3n) is 2.54. The molecule has 5 heteroatoms. The fourth-order valence-corrected chi connectivity index (χ4v) is 1.55. The predicted molar refractivity (Wildman–Crippen MR) is 72.1 cm³/mol. The molecule has 2 N–H and O–H groups in total. The van der Waals surface area contributed by atoms with Crippen LogP contribution >= 0.6 is 0 Å². The predicted octanol–water partition coefficient (Wildman–Crippen LogP) is 2.99. The van der Waals surface area contributed by atoms with E-state index in [1.807, 2.05) is 20.8 Å². The highest BCUT2D eigenvalue weighted by Gasteiger charge is 2.21. The fraction of sp³-hybridized carbons (Fsp3) is 0.500. The minimum Gasteiger partial charge on any atom is -0.369 e. The fourth-order valence-electron chi connectivity index (χ4n) is 1.55. The first-order chi connectivity index (χ1) is 8.61. The van der Waals surface area contributed by atoms with Gasteiger partial charge in [0.1, 0.15) is 17.5 Å². The molecule has 0 saturated carbocycles. The number of aryl methyl sites for hydroxylation is 1. The molecule has 0 radical (unpaired) electrons. The van der Waals surface area contributed by atoms with Crippen molar-refractivity contribution in [1.82, 2.24) is 5.32 Å². The zero-order valence-electron chi connectivity index (χ0n) is 11.9. The largest absolute Gasteiger partial charge is 0.369 e. The molecule has 0 aromatic heterocycles. The van der Waals surface area contributed by atoms with E-state index in [-0.39, 0.29) is 11.6 Å². The molecular weight excluding hydrogens is 250 g/mol. The maximum absolute atomic E-state index is 13.8. The number of hydrogen-bond donors (Lipinski definition) is 2. The molecule has 1 aromatic rings. The van der Waals surface area contributed by atoms with Crippen molar-refractivity contribution in [1.29, 1.82) is 0 Å². The lowest BCUT2D eigenvalue weighted by atomic mass is 10.1. The maximum atomic E-state index is 13.8. The van der Waals surface area contributed by atoms with E-state index in [2.05, 4.69) is 10.6 Å². The van der Waals surface area contributed by atoms with Gasteiger partial charge in [-0.2, -0.15) is 0 Å². The topological polar surface area (TPSA) is 41.1 Å². The van der Waals surface area contributed by atoms with Crippen LogP contribution in [0.25, 0.3) is 0 Å². The van der Waals surface area contributed by atoms with Crippen LogP contribution in [0.4, 0.5) is 14.5 Å². The second-order valence-corrected chi connectivity index (χ2v) is 5.66. The first-order valence-corrected chi connectivity index (χ1v) is 6.15. The summed E-state index contributed by atoms with van der Waals surface area (Å²) in [5.74, 6) is -1.69. The highest BCUT2D eigenvalue weighted by molar-refractivity contribution is 5.84. The minimum absolute atomic E-state index is 0.267. The highest BCUT2D eigenvalue weighted by Crippen LogP contribution is 2.22. The molecule has 1 aromatic carbocycles. The van der Waals surface area contributed by atoms with Crippen LogP contribution in [0.1, 0.15) is 33.3 Å². The second-order valence-electron chi connectivity index (χ2n) is 5.66. The Labute approximate surface area is 112 Å². The quantitative estimate of drug-likeness (QED) is 0.886. The molecule has 0 aliphatic rings. The summed E-state index contributed by atoms with van der Waals surface area (Å²) in [7, 11) is 0. The summed E-state index contributed by atoms with van der Waals surface area (Å²) in [6, 6.07) is 1.80. The Morgan fingerprint density at radius 3 is 2.37 bits per heavy atom. The molecule has 0 bridgehead atoms. The zero-order valence-corrected chi connectivity index (χ0v) is 11.9. The Balaban J connectivity index is 2.86. The first-order valence-electron chi connectivity index (χ1n) is 6.15. The van der Waals surface area contributed by atoms with Crippen molar-refractivity contribution in [2.45, 2.75) is 46.2 Å². The van der Waals surface area contributed by atoms with Gasteiger partial charge in [0, 0.05) is 5.54 Å². The van der Waals surface area contributed by atoms with Crippen LogP contribution in [0.5, 0.6) is 0 Å². The average molecular weight is 270 g/mol. The Kier molecular flexibility index (Phi) is 4.50. The van der Waals surface area contributed by atoms with Crippen molar-refractivity contribution in [3.8, 4) is 0 Å². The van der Waals surface area contributed by atoms with E-state index in [0.717, 1.165) is 0 Å². The number of amides is 1. The van der Waals surface area contributed by atoms with E-state index in [9.17, 15) is 13.6 Å². The molecule has 0 heterocycles. The monoisotopic (exact) mass is 270 g/mol. The van der Waals surface area contributed by atoms with E-state index < -0.39 is 23.2 Å². The van der Waals surface area contributed by atoms with Gasteiger partial charge in [-0.3, -0.25) is 4.79 Å². The third kappa shape index (κ3) is 4.19. The molecule has 1 rings (SSSR count). The van der Waals surface area contributed by atoms with Crippen LogP contribution in [0.15, 0.2) is 12.1 Å². The molecule has 0 fully saturated rings. The number of benzene rings is 1. The van der Waals surface area contributed by atoms with Crippen molar-refractivity contribution >= 4 is 11.6 Å². The third-order valence-corrected chi connectivity index (χ3v) is 2.54. The van der Waals surface area contributed by atoms with Crippen LogP contribution in [-0.2, 0) is 4.79 Å². The summed E-state index contributed by atoms with van der Waals surface area (Å²) in [6.45, 7) is 8.62. The molecule has 3 nitrogen and oxygen atoms in total. The number of halogens is 2. The van der Waals surface area contributed by atoms with Gasteiger partial charge in [0.05, 0.1) is 0 Å². The lowest BCUT2D eigenvalue weighted by molar-refractivity contribution is -0.122. The minimum atomic E-state index is -0.731. The molecule has 0 aliphatic heterocycles. The van der Waals surface area contributed by atoms with E-state index in [1.54, 1.807) is 13.8 Å². The summed E-state index contributed by atoms with van der Waals surface area (Å²) < 4.78 is 27.3. The lowest BCUT2D eigenvalue weighted by Crippen LogP contribution is -2.47. The molecule has 0 saturated heterocycles. The standard InChI is InChI=1S/C14H20F2N2O/c1-8-6-7-10(15)12(11(8)16)17-9(2)13(19)18-14(3,4)5/h6-7,9,17H,1-5H3,(H,18,19). The van der Waals surface area contributed by atoms with E-state index >= 15 is 0 Å². The SMILES string of the molecule is Cc1ccc(F)c(NC(C)C(=O)NC(C)(C)C)c1F. The van der Waals surface area contributed by atoms with E-state index in [0.29, 0.717) is 5.56 Å². The van der Waals surface area contributed by atoms with Gasteiger partial charge in [0.15, 0.2) is 5.82 Å². The zero-order chi connectivity index (χ0) is 14.8. The number of anilines is 1. The molecule has 19 heavy (non-hydrogen) atoms. The number of nitrogens with one attached hydrogen (secondary N) is 2. The van der Waals surface area contributed by atoms with Crippen LogP contribution < -0.4 is 10.6 Å². The Bertz CT molecular complexity index is 481. The number of carbonyl (C=O) groups excluding carboxylic acids is 1. The van der Waals surface area contributed by atoms with Gasteiger partial charge < -0.3 is 10.6 Å². The number of rotatable bonds is 3. The van der Waals surface area contributed by atoms with Gasteiger partial charge >= 0.3 is 0 Å². The normalized spacial score (nSPS) is 13.0. The van der Waals surface area contributed by atoms with Gasteiger partial charge in [0.2, 0.25) is 5.91 Å². The highest BCUT2D eigenvalue weighted by atomic mass is 19.1. The number of carbonyl (C=O) groups is 1.